The number of nitrogens with zero attached hydrogens (tertiary/aromatic N) is 1. The van der Waals surface area contributed by atoms with Gasteiger partial charge in [-0.2, -0.15) is 0 Å². The van der Waals surface area contributed by atoms with Crippen molar-refractivity contribution in [3.63, 3.8) is 0 Å². The fourth-order valence-electron chi connectivity index (χ4n) is 1.62. The van der Waals surface area contributed by atoms with Crippen LogP contribution < -0.4 is 10.6 Å². The molecule has 2 N–H and O–H groups in total. The highest BCUT2D eigenvalue weighted by atomic mass is 19.3. The van der Waals surface area contributed by atoms with Gasteiger partial charge in [0, 0.05) is 12.2 Å². The van der Waals surface area contributed by atoms with Crippen LogP contribution in [0.4, 0.5) is 13.6 Å². The maximum Gasteiger partial charge on any atom is 0.407 e. The molecule has 1 heterocycles. The Balaban J connectivity index is 2.39. The molecule has 0 aromatic carbocycles. The van der Waals surface area contributed by atoms with E-state index in [0.29, 0.717) is 5.69 Å². The first-order chi connectivity index (χ1) is 10.1. The zero-order valence-electron chi connectivity index (χ0n) is 13.3. The molecular weight excluding hydrogens is 292 g/mol. The van der Waals surface area contributed by atoms with Gasteiger partial charge in [0.25, 0.3) is 5.92 Å². The Morgan fingerprint density at radius 2 is 2.00 bits per heavy atom. The number of rotatable bonds is 6. The van der Waals surface area contributed by atoms with E-state index in [4.69, 9.17) is 4.74 Å². The Kier molecular flexibility index (Phi) is 6.22. The van der Waals surface area contributed by atoms with Crippen molar-refractivity contribution in [3.8, 4) is 0 Å². The first kappa shape index (κ1) is 18.3. The Labute approximate surface area is 129 Å². The van der Waals surface area contributed by atoms with Crippen LogP contribution in [-0.2, 0) is 4.74 Å². The van der Waals surface area contributed by atoms with Gasteiger partial charge in [-0.15, -0.1) is 0 Å². The lowest BCUT2D eigenvalue weighted by atomic mass is 10.2. The minimum absolute atomic E-state index is 0.311. The highest BCUT2D eigenvalue weighted by molar-refractivity contribution is 5.67. The first-order valence-electron chi connectivity index (χ1n) is 7.08. The summed E-state index contributed by atoms with van der Waals surface area (Å²) in [7, 11) is 0. The minimum atomic E-state index is -3.08. The predicted octanol–water partition coefficient (Wildman–Crippen LogP) is 2.89. The van der Waals surface area contributed by atoms with Gasteiger partial charge in [0.15, 0.2) is 0 Å². The fraction of sp³-hybridized carbons (Fsp3) is 0.600. The smallest absolute Gasteiger partial charge is 0.407 e. The van der Waals surface area contributed by atoms with Gasteiger partial charge in [0.2, 0.25) is 0 Å². The van der Waals surface area contributed by atoms with Crippen LogP contribution in [0.2, 0.25) is 0 Å². The number of carbonyl (C=O) groups excluding carboxylic acids is 1. The number of hydrogen-bond acceptors (Lipinski definition) is 4. The zero-order chi connectivity index (χ0) is 16.8. The van der Waals surface area contributed by atoms with Gasteiger partial charge >= 0.3 is 6.09 Å². The van der Waals surface area contributed by atoms with E-state index in [-0.39, 0.29) is 6.04 Å². The first-order valence-corrected chi connectivity index (χ1v) is 7.08. The van der Waals surface area contributed by atoms with E-state index in [1.54, 1.807) is 52.1 Å². The fourth-order valence-corrected chi connectivity index (χ4v) is 1.62. The second-order valence-electron chi connectivity index (χ2n) is 6.07. The summed E-state index contributed by atoms with van der Waals surface area (Å²) in [5.74, 6) is -3.08. The standard InChI is InChI=1S/C15H23F2N3O2/c1-11(12-7-5-6-8-18-12)19-9-15(16,17)10-20-13(21)22-14(2,3)4/h5-8,11,19H,9-10H2,1-4H3,(H,20,21). The molecule has 0 aliphatic rings. The molecule has 0 spiro atoms. The van der Waals surface area contributed by atoms with E-state index < -0.39 is 30.7 Å². The van der Waals surface area contributed by atoms with Crippen molar-refractivity contribution < 1.29 is 18.3 Å². The summed E-state index contributed by atoms with van der Waals surface area (Å²) in [6.07, 6.45) is 0.750. The summed E-state index contributed by atoms with van der Waals surface area (Å²) in [4.78, 5) is 15.5. The zero-order valence-corrected chi connectivity index (χ0v) is 13.3. The maximum absolute atomic E-state index is 13.7. The Morgan fingerprint density at radius 1 is 1.32 bits per heavy atom. The summed E-state index contributed by atoms with van der Waals surface area (Å²) in [6, 6.07) is 5.00. The SMILES string of the molecule is CC(NCC(F)(F)CNC(=O)OC(C)(C)C)c1ccccn1. The van der Waals surface area contributed by atoms with E-state index in [0.717, 1.165) is 0 Å². The largest absolute Gasteiger partial charge is 0.444 e. The number of nitrogens with one attached hydrogen (secondary N) is 2. The topological polar surface area (TPSA) is 63.2 Å². The molecule has 22 heavy (non-hydrogen) atoms. The number of pyridine rings is 1. The van der Waals surface area contributed by atoms with Crippen LogP contribution in [0.5, 0.6) is 0 Å². The number of hydrogen-bond donors (Lipinski definition) is 2. The number of carbonyl (C=O) groups is 1. The van der Waals surface area contributed by atoms with E-state index >= 15 is 0 Å². The van der Waals surface area contributed by atoms with Crippen molar-refractivity contribution in [2.75, 3.05) is 13.1 Å². The van der Waals surface area contributed by atoms with Gasteiger partial charge in [-0.25, -0.2) is 13.6 Å². The minimum Gasteiger partial charge on any atom is -0.444 e. The number of amides is 1. The molecule has 0 saturated heterocycles. The third-order valence-electron chi connectivity index (χ3n) is 2.69. The van der Waals surface area contributed by atoms with Gasteiger partial charge in [0.1, 0.15) is 5.60 Å². The van der Waals surface area contributed by atoms with Crippen molar-refractivity contribution in [2.45, 2.75) is 45.3 Å². The van der Waals surface area contributed by atoms with Gasteiger partial charge in [-0.3, -0.25) is 4.98 Å². The molecule has 0 bridgehead atoms. The number of alkyl halides is 2. The third kappa shape index (κ3) is 7.31. The van der Waals surface area contributed by atoms with Crippen molar-refractivity contribution in [1.82, 2.24) is 15.6 Å². The van der Waals surface area contributed by atoms with E-state index in [1.807, 2.05) is 0 Å². The number of ether oxygens (including phenoxy) is 1. The molecule has 1 unspecified atom stereocenters. The summed E-state index contributed by atoms with van der Waals surface area (Å²) in [5, 5.41) is 4.78. The second-order valence-corrected chi connectivity index (χ2v) is 6.07. The van der Waals surface area contributed by atoms with Crippen molar-refractivity contribution in [2.24, 2.45) is 0 Å². The van der Waals surface area contributed by atoms with Gasteiger partial charge in [-0.05, 0) is 39.8 Å². The molecule has 1 rings (SSSR count). The second kappa shape index (κ2) is 7.49. The molecule has 7 heteroatoms. The molecule has 0 saturated carbocycles. The maximum atomic E-state index is 13.7. The molecule has 1 aromatic rings. The van der Waals surface area contributed by atoms with Crippen LogP contribution in [0.15, 0.2) is 24.4 Å². The van der Waals surface area contributed by atoms with Crippen LogP contribution in [0.25, 0.3) is 0 Å². The van der Waals surface area contributed by atoms with E-state index in [2.05, 4.69) is 15.6 Å². The lowest BCUT2D eigenvalue weighted by Crippen LogP contribution is -2.45. The van der Waals surface area contributed by atoms with Crippen LogP contribution in [-0.4, -0.2) is 35.7 Å². The summed E-state index contributed by atoms with van der Waals surface area (Å²) < 4.78 is 32.4. The average Bonchev–Trinajstić information content (AvgIpc) is 2.42. The van der Waals surface area contributed by atoms with Gasteiger partial charge in [0.05, 0.1) is 18.8 Å². The molecular formula is C15H23F2N3O2. The highest BCUT2D eigenvalue weighted by Gasteiger charge is 2.31. The van der Waals surface area contributed by atoms with Gasteiger partial charge < -0.3 is 15.4 Å². The Morgan fingerprint density at radius 3 is 2.55 bits per heavy atom. The molecule has 1 amide bonds. The summed E-state index contributed by atoms with van der Waals surface area (Å²) >= 11 is 0. The quantitative estimate of drug-likeness (QED) is 0.847. The van der Waals surface area contributed by atoms with Crippen LogP contribution in [0.1, 0.15) is 39.4 Å². The lowest BCUT2D eigenvalue weighted by Gasteiger charge is -2.23. The monoisotopic (exact) mass is 315 g/mol. The summed E-state index contributed by atoms with van der Waals surface area (Å²) in [5.41, 5.74) is -0.0381. The molecule has 1 aromatic heterocycles. The molecule has 0 fully saturated rings. The molecule has 1 atom stereocenters. The van der Waals surface area contributed by atoms with Crippen molar-refractivity contribution >= 4 is 6.09 Å². The van der Waals surface area contributed by atoms with Crippen LogP contribution >= 0.6 is 0 Å². The third-order valence-corrected chi connectivity index (χ3v) is 2.69. The van der Waals surface area contributed by atoms with Crippen molar-refractivity contribution in [3.05, 3.63) is 30.1 Å². The number of aromatic nitrogens is 1. The number of alkyl carbamates (subject to hydrolysis) is 1. The van der Waals surface area contributed by atoms with Crippen molar-refractivity contribution in [1.29, 1.82) is 0 Å². The van der Waals surface area contributed by atoms with Crippen LogP contribution in [0.3, 0.4) is 0 Å². The predicted molar refractivity (Wildman–Crippen MR) is 79.8 cm³/mol. The Bertz CT molecular complexity index is 475. The van der Waals surface area contributed by atoms with Gasteiger partial charge in [-0.1, -0.05) is 6.07 Å². The van der Waals surface area contributed by atoms with Crippen LogP contribution in [0, 0.1) is 0 Å². The molecule has 124 valence electrons. The molecule has 0 aliphatic heterocycles. The van der Waals surface area contributed by atoms with E-state index in [1.165, 1.54) is 0 Å². The normalized spacial score (nSPS) is 13.5. The molecule has 5 nitrogen and oxygen atoms in total. The number of halogens is 2. The van der Waals surface area contributed by atoms with E-state index in [9.17, 15) is 13.6 Å². The average molecular weight is 315 g/mol. The highest BCUT2D eigenvalue weighted by Crippen LogP contribution is 2.15. The molecule has 0 radical (unpaired) electrons. The summed E-state index contributed by atoms with van der Waals surface area (Å²) in [6.45, 7) is 5.40. The lowest BCUT2D eigenvalue weighted by molar-refractivity contribution is -0.00532. The molecule has 0 aliphatic carbocycles. The Hall–Kier alpha value is -1.76.